The van der Waals surface area contributed by atoms with E-state index in [1.165, 1.54) is 25.6 Å². The lowest BCUT2D eigenvalue weighted by molar-refractivity contribution is -0.150. The minimum atomic E-state index is -0.840. The molecule has 2 aromatic carbocycles. The summed E-state index contributed by atoms with van der Waals surface area (Å²) >= 11 is 1.49. The predicted molar refractivity (Wildman–Crippen MR) is 132 cm³/mol. The zero-order valence-electron chi connectivity index (χ0n) is 19.9. The number of thiazole rings is 1. The van der Waals surface area contributed by atoms with Gasteiger partial charge in [0.15, 0.2) is 0 Å². The lowest BCUT2D eigenvalue weighted by atomic mass is 9.67. The minimum absolute atomic E-state index is 0.389. The summed E-state index contributed by atoms with van der Waals surface area (Å²) in [6.07, 6.45) is 0. The first kappa shape index (κ1) is 23.7. The summed E-state index contributed by atoms with van der Waals surface area (Å²) in [5.41, 5.74) is 3.00. The van der Waals surface area contributed by atoms with E-state index < -0.39 is 29.3 Å². The molecule has 1 aromatic heterocycles. The summed E-state index contributed by atoms with van der Waals surface area (Å²) in [6, 6.07) is 19.7. The maximum Gasteiger partial charge on any atom is 0.336 e. The number of hydrogen-bond acceptors (Lipinski definition) is 7. The molecule has 0 amide bonds. The van der Waals surface area contributed by atoms with E-state index in [2.05, 4.69) is 5.32 Å². The third-order valence-corrected chi connectivity index (χ3v) is 7.76. The fraction of sp³-hybridized carbons (Fsp3) is 0.296. The van der Waals surface area contributed by atoms with Crippen LogP contribution in [0.15, 0.2) is 71.9 Å². The molecule has 1 N–H and O–H groups in total. The van der Waals surface area contributed by atoms with Gasteiger partial charge in [0.25, 0.3) is 0 Å². The molecule has 34 heavy (non-hydrogen) atoms. The first-order chi connectivity index (χ1) is 16.3. The van der Waals surface area contributed by atoms with Gasteiger partial charge in [-0.25, -0.2) is 9.78 Å². The Morgan fingerprint density at radius 2 is 1.59 bits per heavy atom. The van der Waals surface area contributed by atoms with Crippen LogP contribution in [0.1, 0.15) is 36.0 Å². The maximum absolute atomic E-state index is 13.4. The SMILES string of the molecule is COC(=O)C1=C(C)NC(C)(c2ccccc2)C(C(=O)OC)C1c1nc(C)c(-c2ccccc2)s1. The highest BCUT2D eigenvalue weighted by Crippen LogP contribution is 2.50. The average molecular weight is 477 g/mol. The molecule has 0 saturated carbocycles. The van der Waals surface area contributed by atoms with E-state index >= 15 is 0 Å². The van der Waals surface area contributed by atoms with Gasteiger partial charge in [0.1, 0.15) is 5.01 Å². The predicted octanol–water partition coefficient (Wildman–Crippen LogP) is 4.96. The molecule has 3 atom stereocenters. The van der Waals surface area contributed by atoms with Crippen LogP contribution in [-0.4, -0.2) is 31.1 Å². The third-order valence-electron chi connectivity index (χ3n) is 6.47. The van der Waals surface area contributed by atoms with Crippen molar-refractivity contribution in [1.82, 2.24) is 10.3 Å². The highest BCUT2D eigenvalue weighted by molar-refractivity contribution is 7.15. The first-order valence-electron chi connectivity index (χ1n) is 11.0. The molecule has 1 aliphatic heterocycles. The topological polar surface area (TPSA) is 77.5 Å². The average Bonchev–Trinajstić information content (AvgIpc) is 3.25. The number of rotatable bonds is 5. The van der Waals surface area contributed by atoms with Crippen molar-refractivity contribution in [2.75, 3.05) is 14.2 Å². The van der Waals surface area contributed by atoms with Gasteiger partial charge in [0.2, 0.25) is 0 Å². The summed E-state index contributed by atoms with van der Waals surface area (Å²) in [6.45, 7) is 5.75. The van der Waals surface area contributed by atoms with Crippen LogP contribution < -0.4 is 5.32 Å². The number of carbonyl (C=O) groups is 2. The molecule has 3 aromatic rings. The van der Waals surface area contributed by atoms with Crippen molar-refractivity contribution >= 4 is 23.3 Å². The van der Waals surface area contributed by atoms with E-state index in [0.29, 0.717) is 16.3 Å². The third kappa shape index (κ3) is 4.01. The fourth-order valence-electron chi connectivity index (χ4n) is 4.87. The second kappa shape index (κ2) is 9.43. The van der Waals surface area contributed by atoms with Crippen molar-refractivity contribution in [2.45, 2.75) is 32.2 Å². The van der Waals surface area contributed by atoms with Gasteiger partial charge in [-0.1, -0.05) is 60.7 Å². The van der Waals surface area contributed by atoms with Crippen LogP contribution >= 0.6 is 11.3 Å². The summed E-state index contributed by atoms with van der Waals surface area (Å²) in [7, 11) is 2.72. The number of esters is 2. The molecular weight excluding hydrogens is 448 g/mol. The van der Waals surface area contributed by atoms with Gasteiger partial charge in [0, 0.05) is 5.70 Å². The molecule has 4 rings (SSSR count). The normalized spacial score (nSPS) is 22.1. The number of nitrogens with one attached hydrogen (secondary N) is 1. The molecule has 176 valence electrons. The number of benzene rings is 2. The van der Waals surface area contributed by atoms with Crippen molar-refractivity contribution < 1.29 is 19.1 Å². The fourth-order valence-corrected chi connectivity index (χ4v) is 6.09. The molecule has 3 unspecified atom stereocenters. The van der Waals surface area contributed by atoms with E-state index in [1.54, 1.807) is 0 Å². The number of allylic oxidation sites excluding steroid dienone is 1. The van der Waals surface area contributed by atoms with Crippen LogP contribution in [0.25, 0.3) is 10.4 Å². The molecule has 0 bridgehead atoms. The summed E-state index contributed by atoms with van der Waals surface area (Å²) in [5, 5.41) is 4.12. The summed E-state index contributed by atoms with van der Waals surface area (Å²) < 4.78 is 10.5. The van der Waals surface area contributed by atoms with Crippen molar-refractivity contribution in [3.8, 4) is 10.4 Å². The molecule has 0 fully saturated rings. The Kier molecular flexibility index (Phi) is 6.57. The Labute approximate surface area is 203 Å². The molecule has 0 spiro atoms. The van der Waals surface area contributed by atoms with Crippen LogP contribution in [0.4, 0.5) is 0 Å². The summed E-state index contributed by atoms with van der Waals surface area (Å²) in [4.78, 5) is 32.3. The Morgan fingerprint density at radius 1 is 0.971 bits per heavy atom. The quantitative estimate of drug-likeness (QED) is 0.525. The van der Waals surface area contributed by atoms with Gasteiger partial charge in [-0.05, 0) is 31.9 Å². The molecular formula is C27H28N2O4S. The number of methoxy groups -OCH3 is 2. The number of aryl methyl sites for hydroxylation is 1. The smallest absolute Gasteiger partial charge is 0.336 e. The van der Waals surface area contributed by atoms with E-state index in [0.717, 1.165) is 21.7 Å². The van der Waals surface area contributed by atoms with E-state index in [1.807, 2.05) is 81.4 Å². The Morgan fingerprint density at radius 3 is 2.18 bits per heavy atom. The molecule has 0 radical (unpaired) electrons. The van der Waals surface area contributed by atoms with Crippen LogP contribution in [0, 0.1) is 12.8 Å². The van der Waals surface area contributed by atoms with Crippen molar-refractivity contribution in [1.29, 1.82) is 0 Å². The first-order valence-corrected chi connectivity index (χ1v) is 11.9. The molecule has 6 nitrogen and oxygen atoms in total. The van der Waals surface area contributed by atoms with E-state index in [9.17, 15) is 9.59 Å². The largest absolute Gasteiger partial charge is 0.469 e. The molecule has 1 aliphatic rings. The number of nitrogens with zero attached hydrogens (tertiary/aromatic N) is 1. The second-order valence-corrected chi connectivity index (χ2v) is 9.57. The van der Waals surface area contributed by atoms with E-state index in [-0.39, 0.29) is 0 Å². The highest BCUT2D eigenvalue weighted by Gasteiger charge is 2.54. The lowest BCUT2D eigenvalue weighted by Gasteiger charge is -2.46. The van der Waals surface area contributed by atoms with Crippen LogP contribution in [0.5, 0.6) is 0 Å². The molecule has 2 heterocycles. The number of aromatic nitrogens is 1. The van der Waals surface area contributed by atoms with Gasteiger partial charge in [-0.2, -0.15) is 0 Å². The number of hydrogen-bond donors (Lipinski definition) is 1. The second-order valence-electron chi connectivity index (χ2n) is 8.53. The monoisotopic (exact) mass is 476 g/mol. The standard InChI is InChI=1S/C27H28N2O4S/c1-16-20(25(30)32-4)21(24-28-17(2)23(34-24)18-12-8-6-9-13-18)22(26(31)33-5)27(3,29-16)19-14-10-7-11-15-19/h6-15,21-22,29H,1-5H3. The van der Waals surface area contributed by atoms with Crippen molar-refractivity contribution in [3.63, 3.8) is 0 Å². The molecule has 7 heteroatoms. The van der Waals surface area contributed by atoms with Crippen molar-refractivity contribution in [3.05, 3.63) is 88.2 Å². The molecule has 0 aliphatic carbocycles. The van der Waals surface area contributed by atoms with Crippen LogP contribution in [-0.2, 0) is 24.6 Å². The minimum Gasteiger partial charge on any atom is -0.469 e. The Hall–Kier alpha value is -3.45. The van der Waals surface area contributed by atoms with Crippen LogP contribution in [0.2, 0.25) is 0 Å². The summed E-state index contributed by atoms with van der Waals surface area (Å²) in [5.74, 6) is -2.32. The lowest BCUT2D eigenvalue weighted by Crippen LogP contribution is -2.55. The zero-order valence-corrected chi connectivity index (χ0v) is 20.7. The van der Waals surface area contributed by atoms with Gasteiger partial charge in [0.05, 0.1) is 47.7 Å². The van der Waals surface area contributed by atoms with E-state index in [4.69, 9.17) is 14.5 Å². The number of ether oxygens (including phenoxy) is 2. The molecule has 0 saturated heterocycles. The zero-order chi connectivity index (χ0) is 24.5. The van der Waals surface area contributed by atoms with Gasteiger partial charge in [-0.3, -0.25) is 4.79 Å². The van der Waals surface area contributed by atoms with Gasteiger partial charge >= 0.3 is 11.9 Å². The van der Waals surface area contributed by atoms with Gasteiger partial charge in [-0.15, -0.1) is 11.3 Å². The Bertz CT molecular complexity index is 1240. The van der Waals surface area contributed by atoms with Crippen molar-refractivity contribution in [2.24, 2.45) is 5.92 Å². The van der Waals surface area contributed by atoms with Crippen LogP contribution in [0.3, 0.4) is 0 Å². The number of carbonyl (C=O) groups excluding carboxylic acids is 2. The van der Waals surface area contributed by atoms with Gasteiger partial charge < -0.3 is 14.8 Å². The maximum atomic E-state index is 13.4. The Balaban J connectivity index is 1.97. The highest BCUT2D eigenvalue weighted by atomic mass is 32.1.